The maximum Gasteiger partial charge on any atom is 0.115 e. The maximum absolute atomic E-state index is 9.29. The first-order valence-electron chi connectivity index (χ1n) is 7.24. The summed E-state index contributed by atoms with van der Waals surface area (Å²) in [6.07, 6.45) is 2.23. The smallest absolute Gasteiger partial charge is 0.115 e. The van der Waals surface area contributed by atoms with Crippen molar-refractivity contribution in [3.8, 4) is 5.75 Å². The van der Waals surface area contributed by atoms with Crippen molar-refractivity contribution < 1.29 is 5.11 Å². The van der Waals surface area contributed by atoms with Gasteiger partial charge in [0.25, 0.3) is 0 Å². The molecule has 0 aromatic heterocycles. The summed E-state index contributed by atoms with van der Waals surface area (Å²) in [7, 11) is 0. The quantitative estimate of drug-likeness (QED) is 0.874. The Kier molecular flexibility index (Phi) is 4.48. The van der Waals surface area contributed by atoms with Gasteiger partial charge >= 0.3 is 0 Å². The van der Waals surface area contributed by atoms with Crippen LogP contribution in [0, 0.1) is 0 Å². The van der Waals surface area contributed by atoms with Crippen LogP contribution in [0.15, 0.2) is 24.3 Å². The van der Waals surface area contributed by atoms with Gasteiger partial charge in [0.05, 0.1) is 0 Å². The van der Waals surface area contributed by atoms with Crippen LogP contribution in [0.4, 0.5) is 0 Å². The van der Waals surface area contributed by atoms with Gasteiger partial charge in [-0.15, -0.1) is 0 Å². The molecule has 106 valence electrons. The third-order valence-electron chi connectivity index (χ3n) is 4.18. The first-order valence-corrected chi connectivity index (χ1v) is 7.24. The van der Waals surface area contributed by atoms with E-state index in [9.17, 15) is 5.11 Å². The molecule has 2 N–H and O–H groups in total. The van der Waals surface area contributed by atoms with Crippen molar-refractivity contribution in [3.63, 3.8) is 0 Å². The average molecular weight is 262 g/mol. The van der Waals surface area contributed by atoms with E-state index in [2.05, 4.69) is 31.0 Å². The lowest BCUT2D eigenvalue weighted by atomic mass is 9.95. The normalized spacial score (nSPS) is 21.2. The van der Waals surface area contributed by atoms with E-state index in [0.717, 1.165) is 32.5 Å². The second-order valence-corrected chi connectivity index (χ2v) is 6.24. The molecular weight excluding hydrogens is 236 g/mol. The summed E-state index contributed by atoms with van der Waals surface area (Å²) in [4.78, 5) is 2.61. The molecule has 2 rings (SSSR count). The molecule has 0 amide bonds. The van der Waals surface area contributed by atoms with Gasteiger partial charge in [-0.3, -0.25) is 4.90 Å². The van der Waals surface area contributed by atoms with Crippen LogP contribution in [0.5, 0.6) is 5.75 Å². The number of phenolic OH excluding ortho intramolecular Hbond substituents is 1. The van der Waals surface area contributed by atoms with Crippen molar-refractivity contribution in [1.29, 1.82) is 0 Å². The van der Waals surface area contributed by atoms with Gasteiger partial charge in [-0.25, -0.2) is 0 Å². The minimum absolute atomic E-state index is 0.243. The van der Waals surface area contributed by atoms with Gasteiger partial charge in [-0.1, -0.05) is 12.1 Å². The Morgan fingerprint density at radius 2 is 2.00 bits per heavy atom. The zero-order chi connectivity index (χ0) is 13.9. The standard InChI is InChI=1S/C16H26N2O/c1-13(18-11-10-17-12-16(18,2)3)4-5-14-6-8-15(19)9-7-14/h6-9,13,17,19H,4-5,10-12H2,1-3H3. The predicted octanol–water partition coefficient (Wildman–Crippen LogP) is 2.40. The number of nitrogens with zero attached hydrogens (tertiary/aromatic N) is 1. The highest BCUT2D eigenvalue weighted by atomic mass is 16.3. The molecule has 1 aromatic carbocycles. The van der Waals surface area contributed by atoms with Gasteiger partial charge in [-0.05, 0) is 51.3 Å². The third-order valence-corrected chi connectivity index (χ3v) is 4.18. The highest BCUT2D eigenvalue weighted by Crippen LogP contribution is 2.22. The number of phenols is 1. The Morgan fingerprint density at radius 3 is 2.63 bits per heavy atom. The second-order valence-electron chi connectivity index (χ2n) is 6.24. The van der Waals surface area contributed by atoms with Crippen molar-refractivity contribution in [1.82, 2.24) is 10.2 Å². The van der Waals surface area contributed by atoms with Crippen molar-refractivity contribution in [2.45, 2.75) is 45.2 Å². The predicted molar refractivity (Wildman–Crippen MR) is 79.5 cm³/mol. The molecule has 1 fully saturated rings. The molecule has 1 aliphatic heterocycles. The van der Waals surface area contributed by atoms with E-state index < -0.39 is 0 Å². The summed E-state index contributed by atoms with van der Waals surface area (Å²) in [5.74, 6) is 0.347. The van der Waals surface area contributed by atoms with Gasteiger partial charge in [0, 0.05) is 31.2 Å². The molecular formula is C16H26N2O. The maximum atomic E-state index is 9.29. The Bertz CT molecular complexity index is 400. The van der Waals surface area contributed by atoms with E-state index >= 15 is 0 Å². The lowest BCUT2D eigenvalue weighted by molar-refractivity contribution is 0.0488. The number of hydrogen-bond acceptors (Lipinski definition) is 3. The lowest BCUT2D eigenvalue weighted by Gasteiger charge is -2.46. The molecule has 0 radical (unpaired) electrons. The SMILES string of the molecule is CC(CCc1ccc(O)cc1)N1CCNCC1(C)C. The molecule has 1 unspecified atom stereocenters. The fourth-order valence-electron chi connectivity index (χ4n) is 3.01. The molecule has 1 aliphatic rings. The van der Waals surface area contributed by atoms with Crippen molar-refractivity contribution in [2.24, 2.45) is 0 Å². The number of nitrogens with one attached hydrogen (secondary N) is 1. The zero-order valence-electron chi connectivity index (χ0n) is 12.3. The Balaban J connectivity index is 1.90. The van der Waals surface area contributed by atoms with Gasteiger partial charge in [0.15, 0.2) is 0 Å². The van der Waals surface area contributed by atoms with Crippen LogP contribution in [0.25, 0.3) is 0 Å². The van der Waals surface area contributed by atoms with Crippen LogP contribution in [0.3, 0.4) is 0 Å². The van der Waals surface area contributed by atoms with E-state index in [1.165, 1.54) is 5.56 Å². The van der Waals surface area contributed by atoms with Crippen LogP contribution in [0.1, 0.15) is 32.8 Å². The van der Waals surface area contributed by atoms with Crippen molar-refractivity contribution in [2.75, 3.05) is 19.6 Å². The van der Waals surface area contributed by atoms with Crippen LogP contribution in [-0.4, -0.2) is 41.2 Å². The highest BCUT2D eigenvalue weighted by Gasteiger charge is 2.32. The molecule has 1 saturated heterocycles. The molecule has 0 spiro atoms. The van der Waals surface area contributed by atoms with Gasteiger partial charge in [-0.2, -0.15) is 0 Å². The molecule has 1 aromatic rings. The largest absolute Gasteiger partial charge is 0.508 e. The molecule has 0 saturated carbocycles. The summed E-state index contributed by atoms with van der Waals surface area (Å²) < 4.78 is 0. The number of rotatable bonds is 4. The molecule has 1 heterocycles. The minimum Gasteiger partial charge on any atom is -0.508 e. The van der Waals surface area contributed by atoms with Crippen LogP contribution in [0.2, 0.25) is 0 Å². The minimum atomic E-state index is 0.243. The molecule has 3 nitrogen and oxygen atoms in total. The van der Waals surface area contributed by atoms with Gasteiger partial charge < -0.3 is 10.4 Å². The summed E-state index contributed by atoms with van der Waals surface area (Å²) in [6, 6.07) is 8.17. The highest BCUT2D eigenvalue weighted by molar-refractivity contribution is 5.25. The number of benzene rings is 1. The number of hydrogen-bond donors (Lipinski definition) is 2. The molecule has 0 aliphatic carbocycles. The lowest BCUT2D eigenvalue weighted by Crippen LogP contribution is -2.60. The van der Waals surface area contributed by atoms with Gasteiger partial charge in [0.1, 0.15) is 5.75 Å². The summed E-state index contributed by atoms with van der Waals surface area (Å²) >= 11 is 0. The van der Waals surface area contributed by atoms with Crippen molar-refractivity contribution >= 4 is 0 Å². The second kappa shape index (κ2) is 5.93. The van der Waals surface area contributed by atoms with E-state index in [1.807, 2.05) is 12.1 Å². The Labute approximate surface area is 116 Å². The molecule has 1 atom stereocenters. The summed E-state index contributed by atoms with van der Waals surface area (Å²) in [6.45, 7) is 10.2. The summed E-state index contributed by atoms with van der Waals surface area (Å²) in [5.41, 5.74) is 1.55. The van der Waals surface area contributed by atoms with Crippen LogP contribution in [-0.2, 0) is 6.42 Å². The van der Waals surface area contributed by atoms with Crippen LogP contribution >= 0.6 is 0 Å². The third kappa shape index (κ3) is 3.71. The zero-order valence-corrected chi connectivity index (χ0v) is 12.3. The fourth-order valence-corrected chi connectivity index (χ4v) is 3.01. The summed E-state index contributed by atoms with van der Waals surface area (Å²) in [5, 5.41) is 12.8. The Hall–Kier alpha value is -1.06. The number of aryl methyl sites for hydroxylation is 1. The monoisotopic (exact) mass is 262 g/mol. The average Bonchev–Trinajstić information content (AvgIpc) is 2.37. The molecule has 3 heteroatoms. The Morgan fingerprint density at radius 1 is 1.32 bits per heavy atom. The first-order chi connectivity index (χ1) is 8.99. The topological polar surface area (TPSA) is 35.5 Å². The van der Waals surface area contributed by atoms with Gasteiger partial charge in [0.2, 0.25) is 0 Å². The van der Waals surface area contributed by atoms with E-state index in [1.54, 1.807) is 12.1 Å². The molecule has 19 heavy (non-hydrogen) atoms. The number of aromatic hydroxyl groups is 1. The van der Waals surface area contributed by atoms with E-state index in [0.29, 0.717) is 11.8 Å². The van der Waals surface area contributed by atoms with Crippen molar-refractivity contribution in [3.05, 3.63) is 29.8 Å². The van der Waals surface area contributed by atoms with E-state index in [4.69, 9.17) is 0 Å². The fraction of sp³-hybridized carbons (Fsp3) is 0.625. The number of piperazine rings is 1. The first kappa shape index (κ1) is 14.4. The van der Waals surface area contributed by atoms with Crippen LogP contribution < -0.4 is 5.32 Å². The molecule has 0 bridgehead atoms. The van der Waals surface area contributed by atoms with E-state index in [-0.39, 0.29) is 5.54 Å².